The van der Waals surface area contributed by atoms with Crippen LogP contribution in [0.1, 0.15) is 0 Å². The zero-order valence-electron chi connectivity index (χ0n) is 8.27. The largest absolute Gasteiger partial charge is 0.388 e. The van der Waals surface area contributed by atoms with Crippen LogP contribution in [0.15, 0.2) is 28.0 Å². The molecule has 15 heavy (non-hydrogen) atoms. The number of fused-ring (bicyclic) bond motifs is 1. The summed E-state index contributed by atoms with van der Waals surface area (Å²) in [6, 6.07) is 6.53. The van der Waals surface area contributed by atoms with Crippen LogP contribution in [0.2, 0.25) is 0 Å². The SMILES string of the molecule is CNc1ccc2c(c1)SS[S+](NC)SS2. The molecule has 1 aromatic carbocycles. The van der Waals surface area contributed by atoms with Crippen molar-refractivity contribution in [3.05, 3.63) is 18.2 Å². The quantitative estimate of drug-likeness (QED) is 0.636. The van der Waals surface area contributed by atoms with Crippen LogP contribution in [-0.4, -0.2) is 14.1 Å². The normalized spacial score (nSPS) is 20.5. The standard InChI is InChI=1S/C8H11N2S5/c1-9-6-3-4-7-8(5-6)12-14-15(10-2)13-11-7/h3-5,9-10H,1-2H3/q+1. The van der Waals surface area contributed by atoms with E-state index in [2.05, 4.69) is 28.2 Å². The molecular formula is C8H11N2S5+. The third kappa shape index (κ3) is 3.10. The number of hydrogen-bond acceptors (Lipinski definition) is 6. The van der Waals surface area contributed by atoms with E-state index >= 15 is 0 Å². The monoisotopic (exact) mass is 295 g/mol. The fourth-order valence-electron chi connectivity index (χ4n) is 1.01. The lowest BCUT2D eigenvalue weighted by molar-refractivity contribution is 1.26. The Bertz CT molecular complexity index is 346. The maximum absolute atomic E-state index is 3.30. The first-order valence-corrected chi connectivity index (χ1v) is 10.8. The highest BCUT2D eigenvalue weighted by molar-refractivity contribution is 9.33. The summed E-state index contributed by atoms with van der Waals surface area (Å²) in [6.07, 6.45) is 0. The first kappa shape index (κ1) is 12.2. The molecule has 0 saturated heterocycles. The maximum atomic E-state index is 3.30. The summed E-state index contributed by atoms with van der Waals surface area (Å²) in [6.45, 7) is 0. The molecule has 1 atom stereocenters. The number of nitrogens with one attached hydrogen (secondary N) is 2. The van der Waals surface area contributed by atoms with E-state index in [1.165, 1.54) is 15.5 Å². The van der Waals surface area contributed by atoms with Crippen LogP contribution in [-0.2, 0) is 9.15 Å². The van der Waals surface area contributed by atoms with E-state index in [0.29, 0.717) is 0 Å². The summed E-state index contributed by atoms with van der Waals surface area (Å²) in [7, 11) is 11.7. The number of rotatable bonds is 2. The van der Waals surface area contributed by atoms with E-state index in [0.717, 1.165) is 0 Å². The van der Waals surface area contributed by atoms with Crippen molar-refractivity contribution in [2.45, 2.75) is 9.79 Å². The van der Waals surface area contributed by atoms with Gasteiger partial charge in [-0.3, -0.25) is 0 Å². The predicted octanol–water partition coefficient (Wildman–Crippen LogP) is 3.81. The van der Waals surface area contributed by atoms with Crippen LogP contribution < -0.4 is 10.0 Å². The van der Waals surface area contributed by atoms with Gasteiger partial charge in [0.05, 0.1) is 0 Å². The third-order valence-corrected chi connectivity index (χ3v) is 13.3. The highest BCUT2D eigenvalue weighted by Gasteiger charge is 2.29. The maximum Gasteiger partial charge on any atom is 0.240 e. The van der Waals surface area contributed by atoms with Crippen molar-refractivity contribution in [1.82, 2.24) is 4.72 Å². The van der Waals surface area contributed by atoms with Crippen molar-refractivity contribution in [2.75, 3.05) is 19.4 Å². The van der Waals surface area contributed by atoms with Crippen molar-refractivity contribution in [3.63, 3.8) is 0 Å². The lowest BCUT2D eigenvalue weighted by Gasteiger charge is -2.03. The van der Waals surface area contributed by atoms with Crippen LogP contribution in [0.3, 0.4) is 0 Å². The molecule has 1 aliphatic heterocycles. The van der Waals surface area contributed by atoms with Crippen LogP contribution in [0.25, 0.3) is 0 Å². The zero-order valence-corrected chi connectivity index (χ0v) is 12.4. The van der Waals surface area contributed by atoms with E-state index in [9.17, 15) is 0 Å². The minimum absolute atomic E-state index is 0.185. The van der Waals surface area contributed by atoms with E-state index < -0.39 is 0 Å². The first-order chi connectivity index (χ1) is 7.33. The zero-order chi connectivity index (χ0) is 10.7. The van der Waals surface area contributed by atoms with Gasteiger partial charge in [-0.15, -0.1) is 4.72 Å². The Balaban J connectivity index is 2.20. The molecule has 0 spiro atoms. The van der Waals surface area contributed by atoms with Crippen molar-refractivity contribution >= 4 is 56.1 Å². The lowest BCUT2D eigenvalue weighted by Crippen LogP contribution is -2.07. The molecule has 0 fully saturated rings. The minimum Gasteiger partial charge on any atom is -0.388 e. The van der Waals surface area contributed by atoms with Crippen molar-refractivity contribution in [3.8, 4) is 0 Å². The van der Waals surface area contributed by atoms with Crippen molar-refractivity contribution in [1.29, 1.82) is 0 Å². The summed E-state index contributed by atoms with van der Waals surface area (Å²) >= 11 is 0. The Hall–Kier alpha value is 0.730. The number of benzene rings is 1. The second-order valence-corrected chi connectivity index (χ2v) is 11.9. The predicted molar refractivity (Wildman–Crippen MR) is 79.3 cm³/mol. The topological polar surface area (TPSA) is 24.1 Å². The molecular weight excluding hydrogens is 284 g/mol. The summed E-state index contributed by atoms with van der Waals surface area (Å²) in [4.78, 5) is 2.72. The molecule has 7 heteroatoms. The van der Waals surface area contributed by atoms with E-state index in [1.807, 2.05) is 55.3 Å². The van der Waals surface area contributed by atoms with Gasteiger partial charge < -0.3 is 5.32 Å². The Labute approximate surface area is 108 Å². The van der Waals surface area contributed by atoms with Crippen molar-refractivity contribution in [2.24, 2.45) is 0 Å². The Morgan fingerprint density at radius 3 is 2.47 bits per heavy atom. The molecule has 2 rings (SSSR count). The van der Waals surface area contributed by atoms with Crippen LogP contribution >= 0.6 is 41.2 Å². The highest BCUT2D eigenvalue weighted by Crippen LogP contribution is 2.54. The average molecular weight is 296 g/mol. The minimum atomic E-state index is 0.185. The Morgan fingerprint density at radius 2 is 1.80 bits per heavy atom. The molecule has 0 bridgehead atoms. The molecule has 82 valence electrons. The number of anilines is 1. The molecule has 0 radical (unpaired) electrons. The van der Waals surface area contributed by atoms with E-state index in [4.69, 9.17) is 0 Å². The van der Waals surface area contributed by atoms with Gasteiger partial charge in [0, 0.05) is 51.2 Å². The summed E-state index contributed by atoms with van der Waals surface area (Å²) in [5.74, 6) is 0. The molecule has 1 unspecified atom stereocenters. The molecule has 0 amide bonds. The smallest absolute Gasteiger partial charge is 0.240 e. The molecule has 0 aromatic heterocycles. The second-order valence-electron chi connectivity index (χ2n) is 2.65. The summed E-state index contributed by atoms with van der Waals surface area (Å²) < 4.78 is 3.30. The van der Waals surface area contributed by atoms with E-state index in [-0.39, 0.29) is 9.15 Å². The molecule has 1 heterocycles. The van der Waals surface area contributed by atoms with Crippen LogP contribution in [0.4, 0.5) is 5.69 Å². The Kier molecular flexibility index (Phi) is 4.78. The molecule has 0 saturated carbocycles. The van der Waals surface area contributed by atoms with Gasteiger partial charge in [-0.25, -0.2) is 0 Å². The van der Waals surface area contributed by atoms with Gasteiger partial charge in [-0.1, -0.05) is 0 Å². The average Bonchev–Trinajstić information content (AvgIpc) is 2.50. The van der Waals surface area contributed by atoms with Gasteiger partial charge in [-0.2, -0.15) is 0 Å². The van der Waals surface area contributed by atoms with Gasteiger partial charge in [-0.05, 0) is 18.2 Å². The fourth-order valence-corrected chi connectivity index (χ4v) is 12.5. The molecule has 0 aliphatic carbocycles. The third-order valence-electron chi connectivity index (χ3n) is 1.77. The fraction of sp³-hybridized carbons (Fsp3) is 0.250. The molecule has 1 aliphatic rings. The highest BCUT2D eigenvalue weighted by atomic mass is 33.8. The van der Waals surface area contributed by atoms with Gasteiger partial charge in [0.25, 0.3) is 0 Å². The number of hydrogen-bond donors (Lipinski definition) is 2. The molecule has 1 aromatic rings. The van der Waals surface area contributed by atoms with Crippen molar-refractivity contribution < 1.29 is 0 Å². The molecule has 2 N–H and O–H groups in total. The second kappa shape index (κ2) is 5.88. The Morgan fingerprint density at radius 1 is 1.07 bits per heavy atom. The molecule has 2 nitrogen and oxygen atoms in total. The van der Waals surface area contributed by atoms with E-state index in [1.54, 1.807) is 0 Å². The van der Waals surface area contributed by atoms with Gasteiger partial charge >= 0.3 is 0 Å². The summed E-state index contributed by atoms with van der Waals surface area (Å²) in [5, 5.41) is 3.17. The van der Waals surface area contributed by atoms with Gasteiger partial charge in [0.1, 0.15) is 0 Å². The summed E-state index contributed by atoms with van der Waals surface area (Å²) in [5.41, 5.74) is 1.18. The van der Waals surface area contributed by atoms with Crippen LogP contribution in [0, 0.1) is 0 Å². The van der Waals surface area contributed by atoms with Gasteiger partial charge in [0.2, 0.25) is 28.8 Å². The van der Waals surface area contributed by atoms with Crippen LogP contribution in [0.5, 0.6) is 0 Å². The van der Waals surface area contributed by atoms with Gasteiger partial charge in [0.15, 0.2) is 0 Å². The lowest BCUT2D eigenvalue weighted by atomic mass is 10.3. The first-order valence-electron chi connectivity index (χ1n) is 4.27.